The fourth-order valence-corrected chi connectivity index (χ4v) is 2.65. The molecule has 0 aliphatic heterocycles. The summed E-state index contributed by atoms with van der Waals surface area (Å²) in [4.78, 5) is 16.6. The van der Waals surface area contributed by atoms with Crippen molar-refractivity contribution in [3.63, 3.8) is 0 Å². The summed E-state index contributed by atoms with van der Waals surface area (Å²) in [5.74, 6) is 0. The van der Waals surface area contributed by atoms with Crippen molar-refractivity contribution in [2.45, 2.75) is 6.92 Å². The average molecular weight is 215 g/mol. The molecule has 0 atom stereocenters. The Labute approximate surface area is 90.2 Å². The Balaban J connectivity index is 2.68. The molecule has 74 valence electrons. The molecule has 0 fully saturated rings. The van der Waals surface area contributed by atoms with Gasteiger partial charge in [-0.1, -0.05) is 12.1 Å². The number of hydrogen-bond donors (Lipinski definition) is 1. The molecule has 0 saturated carbocycles. The number of pyridine rings is 1. The van der Waals surface area contributed by atoms with Crippen molar-refractivity contribution < 1.29 is 0 Å². The normalized spacial score (nSPS) is 11.3. The predicted molar refractivity (Wildman–Crippen MR) is 64.7 cm³/mol. The second-order valence-electron chi connectivity index (χ2n) is 3.58. The van der Waals surface area contributed by atoms with E-state index in [1.54, 1.807) is 11.3 Å². The Morgan fingerprint density at radius 2 is 2.00 bits per heavy atom. The van der Waals surface area contributed by atoms with Gasteiger partial charge in [0.25, 0.3) is 0 Å². The average Bonchev–Trinajstić information content (AvgIpc) is 2.62. The first-order valence-electron chi connectivity index (χ1n) is 4.76. The van der Waals surface area contributed by atoms with E-state index in [-0.39, 0.29) is 5.43 Å². The lowest BCUT2D eigenvalue weighted by molar-refractivity contribution is 1.47. The van der Waals surface area contributed by atoms with Crippen LogP contribution in [0.5, 0.6) is 0 Å². The van der Waals surface area contributed by atoms with E-state index in [1.807, 2.05) is 36.6 Å². The Hall–Kier alpha value is -1.61. The van der Waals surface area contributed by atoms with Crippen LogP contribution < -0.4 is 5.43 Å². The molecular formula is C12H9NOS. The number of aromatic nitrogens is 1. The smallest absolute Gasteiger partial charge is 0.198 e. The highest BCUT2D eigenvalue weighted by Crippen LogP contribution is 2.22. The summed E-state index contributed by atoms with van der Waals surface area (Å²) in [5.41, 5.74) is 2.02. The van der Waals surface area contributed by atoms with Crippen LogP contribution in [0.3, 0.4) is 0 Å². The number of benzene rings is 1. The molecule has 0 amide bonds. The number of para-hydroxylation sites is 1. The van der Waals surface area contributed by atoms with Crippen LogP contribution >= 0.6 is 11.3 Å². The summed E-state index contributed by atoms with van der Waals surface area (Å²) < 4.78 is 0. The quantitative estimate of drug-likeness (QED) is 0.614. The lowest BCUT2D eigenvalue weighted by atomic mass is 10.1. The van der Waals surface area contributed by atoms with E-state index in [9.17, 15) is 4.79 Å². The Bertz CT molecular complexity index is 708. The monoisotopic (exact) mass is 215 g/mol. The van der Waals surface area contributed by atoms with E-state index in [0.717, 1.165) is 26.7 Å². The van der Waals surface area contributed by atoms with E-state index in [0.29, 0.717) is 0 Å². The molecule has 1 N–H and O–H groups in total. The van der Waals surface area contributed by atoms with Gasteiger partial charge in [0.15, 0.2) is 5.43 Å². The van der Waals surface area contributed by atoms with Gasteiger partial charge in [0.05, 0.1) is 10.9 Å². The van der Waals surface area contributed by atoms with Gasteiger partial charge in [-0.2, -0.15) is 0 Å². The third-order valence-corrected chi connectivity index (χ3v) is 3.56. The molecule has 0 unspecified atom stereocenters. The van der Waals surface area contributed by atoms with Crippen LogP contribution in [0.25, 0.3) is 21.8 Å². The Morgan fingerprint density at radius 3 is 2.87 bits per heavy atom. The molecular weight excluding hydrogens is 206 g/mol. The third kappa shape index (κ3) is 1.13. The number of aryl methyl sites for hydroxylation is 1. The van der Waals surface area contributed by atoms with Gasteiger partial charge >= 0.3 is 0 Å². The van der Waals surface area contributed by atoms with Crippen LogP contribution in [0, 0.1) is 6.92 Å². The number of thiophene rings is 1. The zero-order valence-electron chi connectivity index (χ0n) is 8.20. The summed E-state index contributed by atoms with van der Waals surface area (Å²) in [5, 5.41) is 3.50. The van der Waals surface area contributed by atoms with Crippen molar-refractivity contribution in [1.82, 2.24) is 4.98 Å². The van der Waals surface area contributed by atoms with Gasteiger partial charge in [-0.05, 0) is 19.1 Å². The highest BCUT2D eigenvalue weighted by molar-refractivity contribution is 7.11. The molecule has 3 aromatic rings. The van der Waals surface area contributed by atoms with E-state index in [2.05, 4.69) is 4.98 Å². The molecule has 2 aromatic heterocycles. The maximum Gasteiger partial charge on any atom is 0.198 e. The molecule has 3 rings (SSSR count). The third-order valence-electron chi connectivity index (χ3n) is 2.65. The minimum absolute atomic E-state index is 0.128. The van der Waals surface area contributed by atoms with Gasteiger partial charge in [-0.25, -0.2) is 0 Å². The zero-order valence-corrected chi connectivity index (χ0v) is 9.02. The van der Waals surface area contributed by atoms with E-state index in [1.165, 1.54) is 0 Å². The minimum Gasteiger partial charge on any atom is -0.353 e. The van der Waals surface area contributed by atoms with Crippen LogP contribution in [0.1, 0.15) is 4.88 Å². The van der Waals surface area contributed by atoms with Gasteiger partial charge in [-0.3, -0.25) is 4.79 Å². The van der Waals surface area contributed by atoms with E-state index >= 15 is 0 Å². The molecule has 0 radical (unpaired) electrons. The Morgan fingerprint density at radius 1 is 1.20 bits per heavy atom. The maximum atomic E-state index is 12.1. The van der Waals surface area contributed by atoms with E-state index in [4.69, 9.17) is 0 Å². The topological polar surface area (TPSA) is 32.9 Å². The second kappa shape index (κ2) is 2.94. The van der Waals surface area contributed by atoms with Crippen molar-refractivity contribution in [2.75, 3.05) is 0 Å². The highest BCUT2D eigenvalue weighted by Gasteiger charge is 2.07. The van der Waals surface area contributed by atoms with Crippen molar-refractivity contribution in [3.8, 4) is 0 Å². The number of rotatable bonds is 0. The van der Waals surface area contributed by atoms with Gasteiger partial charge in [-0.15, -0.1) is 11.3 Å². The fraction of sp³-hybridized carbons (Fsp3) is 0.0833. The summed E-state index contributed by atoms with van der Waals surface area (Å²) in [6, 6.07) is 7.63. The molecule has 2 nitrogen and oxygen atoms in total. The van der Waals surface area contributed by atoms with Crippen LogP contribution in [0.15, 0.2) is 34.4 Å². The molecule has 3 heteroatoms. The first kappa shape index (κ1) is 8.68. The summed E-state index contributed by atoms with van der Waals surface area (Å²) in [7, 11) is 0. The second-order valence-corrected chi connectivity index (χ2v) is 4.66. The number of hydrogen-bond acceptors (Lipinski definition) is 2. The number of aromatic amines is 1. The first-order chi connectivity index (χ1) is 7.27. The lowest BCUT2D eigenvalue weighted by Crippen LogP contribution is -2.02. The SMILES string of the molecule is Cc1scc2c(=O)c3ccccc3[nH]c12. The summed E-state index contributed by atoms with van der Waals surface area (Å²) in [6.07, 6.45) is 0. The molecule has 0 aliphatic carbocycles. The highest BCUT2D eigenvalue weighted by atomic mass is 32.1. The minimum atomic E-state index is 0.128. The van der Waals surface area contributed by atoms with Crippen LogP contribution in [0.4, 0.5) is 0 Å². The zero-order chi connectivity index (χ0) is 10.4. The molecule has 0 spiro atoms. The van der Waals surface area contributed by atoms with Crippen LogP contribution in [-0.4, -0.2) is 4.98 Å². The Kier molecular flexibility index (Phi) is 1.70. The molecule has 0 saturated heterocycles. The van der Waals surface area contributed by atoms with Crippen LogP contribution in [-0.2, 0) is 0 Å². The number of fused-ring (bicyclic) bond motifs is 2. The van der Waals surface area contributed by atoms with Gasteiger partial charge in [0, 0.05) is 21.2 Å². The van der Waals surface area contributed by atoms with E-state index < -0.39 is 0 Å². The maximum absolute atomic E-state index is 12.1. The first-order valence-corrected chi connectivity index (χ1v) is 5.64. The molecule has 0 aliphatic rings. The van der Waals surface area contributed by atoms with Gasteiger partial charge < -0.3 is 4.98 Å². The predicted octanol–water partition coefficient (Wildman–Crippen LogP) is 3.05. The van der Waals surface area contributed by atoms with Crippen molar-refractivity contribution >= 4 is 33.1 Å². The number of H-pyrrole nitrogens is 1. The van der Waals surface area contributed by atoms with Crippen molar-refractivity contribution in [1.29, 1.82) is 0 Å². The standard InChI is InChI=1S/C12H9NOS/c1-7-11-9(6-15-7)12(14)8-4-2-3-5-10(8)13-11/h2-6,13H,1H3. The van der Waals surface area contributed by atoms with Crippen molar-refractivity contribution in [3.05, 3.63) is 44.7 Å². The fourth-order valence-electron chi connectivity index (χ4n) is 1.85. The largest absolute Gasteiger partial charge is 0.353 e. The van der Waals surface area contributed by atoms with Gasteiger partial charge in [0.2, 0.25) is 0 Å². The van der Waals surface area contributed by atoms with Gasteiger partial charge in [0.1, 0.15) is 0 Å². The number of nitrogens with one attached hydrogen (secondary N) is 1. The summed E-state index contributed by atoms with van der Waals surface area (Å²) in [6.45, 7) is 2.03. The molecule has 1 aromatic carbocycles. The lowest BCUT2D eigenvalue weighted by Gasteiger charge is -1.98. The molecule has 2 heterocycles. The van der Waals surface area contributed by atoms with Crippen LogP contribution in [0.2, 0.25) is 0 Å². The summed E-state index contributed by atoms with van der Waals surface area (Å²) >= 11 is 1.61. The van der Waals surface area contributed by atoms with Crippen molar-refractivity contribution in [2.24, 2.45) is 0 Å². The molecule has 0 bridgehead atoms. The molecule has 15 heavy (non-hydrogen) atoms.